The molecule has 10 heteroatoms. The summed E-state index contributed by atoms with van der Waals surface area (Å²) in [7, 11) is 0. The fourth-order valence-electron chi connectivity index (χ4n) is 2.66. The average Bonchev–Trinajstić information content (AvgIpc) is 2.95. The number of halogens is 4. The molecule has 0 aliphatic heterocycles. The van der Waals surface area contributed by atoms with E-state index in [0.717, 1.165) is 35.6 Å². The van der Waals surface area contributed by atoms with Crippen LogP contribution < -0.4 is 4.80 Å². The topological polar surface area (TPSA) is 71.7 Å². The summed E-state index contributed by atoms with van der Waals surface area (Å²) in [4.78, 5) is 28.0. The van der Waals surface area contributed by atoms with Crippen molar-refractivity contribution < 1.29 is 27.9 Å². The number of carboxylic acids is 1. The number of benzene rings is 2. The van der Waals surface area contributed by atoms with E-state index in [-0.39, 0.29) is 32.0 Å². The zero-order valence-electron chi connectivity index (χ0n) is 14.2. The Balaban J connectivity index is 2.26. The van der Waals surface area contributed by atoms with E-state index in [1.165, 1.54) is 10.6 Å². The second-order valence-electron chi connectivity index (χ2n) is 5.80. The lowest BCUT2D eigenvalue weighted by atomic mass is 10.2. The number of carboxylic acid groups (broad SMARTS) is 1. The number of aromatic nitrogens is 1. The van der Waals surface area contributed by atoms with E-state index in [4.69, 9.17) is 11.6 Å². The van der Waals surface area contributed by atoms with Crippen LogP contribution in [0.15, 0.2) is 35.3 Å². The largest absolute Gasteiger partial charge is 0.480 e. The highest BCUT2D eigenvalue weighted by Crippen LogP contribution is 2.25. The molecular formula is C18H12ClF3N2O3S. The summed E-state index contributed by atoms with van der Waals surface area (Å²) in [5.41, 5.74) is 0.0815. The molecule has 3 aromatic rings. The average molecular weight is 429 g/mol. The van der Waals surface area contributed by atoms with Crippen LogP contribution in [0.25, 0.3) is 10.2 Å². The molecule has 1 heterocycles. The molecule has 2 aromatic carbocycles. The lowest BCUT2D eigenvalue weighted by molar-refractivity contribution is -0.140. The first-order chi connectivity index (χ1) is 13.2. The minimum Gasteiger partial charge on any atom is -0.480 e. The molecule has 1 amide bonds. The summed E-state index contributed by atoms with van der Waals surface area (Å²) in [6.07, 6.45) is 0.115. The van der Waals surface area contributed by atoms with Crippen LogP contribution in [0.3, 0.4) is 0 Å². The van der Waals surface area contributed by atoms with Gasteiger partial charge in [0.15, 0.2) is 16.4 Å². The van der Waals surface area contributed by atoms with E-state index in [9.17, 15) is 27.9 Å². The number of carbonyl (C=O) groups is 2. The first-order valence-corrected chi connectivity index (χ1v) is 9.19. The van der Waals surface area contributed by atoms with Crippen molar-refractivity contribution in [3.05, 3.63) is 63.2 Å². The van der Waals surface area contributed by atoms with Crippen molar-refractivity contribution in [2.24, 2.45) is 4.99 Å². The van der Waals surface area contributed by atoms with Crippen molar-refractivity contribution in [2.45, 2.75) is 19.4 Å². The van der Waals surface area contributed by atoms with Crippen LogP contribution in [0, 0.1) is 17.5 Å². The van der Waals surface area contributed by atoms with Gasteiger partial charge in [-0.05, 0) is 30.7 Å². The Morgan fingerprint density at radius 3 is 2.46 bits per heavy atom. The van der Waals surface area contributed by atoms with Crippen molar-refractivity contribution in [1.82, 2.24) is 4.57 Å². The van der Waals surface area contributed by atoms with Crippen molar-refractivity contribution in [3.8, 4) is 0 Å². The van der Waals surface area contributed by atoms with Crippen LogP contribution in [0.2, 0.25) is 5.02 Å². The number of hydrogen-bond acceptors (Lipinski definition) is 3. The van der Waals surface area contributed by atoms with Crippen molar-refractivity contribution in [1.29, 1.82) is 0 Å². The maximum Gasteiger partial charge on any atom is 0.326 e. The lowest BCUT2D eigenvalue weighted by Gasteiger charge is -2.13. The number of carbonyl (C=O) groups excluding carboxylic acids is 1. The summed E-state index contributed by atoms with van der Waals surface area (Å²) in [6, 6.07) is 3.90. The monoisotopic (exact) mass is 428 g/mol. The molecule has 1 aromatic heterocycles. The van der Waals surface area contributed by atoms with Gasteiger partial charge in [0, 0.05) is 11.6 Å². The van der Waals surface area contributed by atoms with Crippen LogP contribution in [0.1, 0.15) is 29.7 Å². The van der Waals surface area contributed by atoms with E-state index in [2.05, 4.69) is 4.99 Å². The molecule has 0 fully saturated rings. The first-order valence-electron chi connectivity index (χ1n) is 8.00. The molecule has 0 saturated carbocycles. The molecule has 146 valence electrons. The van der Waals surface area contributed by atoms with Crippen LogP contribution in [-0.4, -0.2) is 21.6 Å². The molecule has 0 saturated heterocycles. The third kappa shape index (κ3) is 3.67. The Hall–Kier alpha value is -2.65. The van der Waals surface area contributed by atoms with E-state index in [1.807, 2.05) is 0 Å². The summed E-state index contributed by atoms with van der Waals surface area (Å²) in [6.45, 7) is 1.60. The Morgan fingerprint density at radius 2 is 1.86 bits per heavy atom. The summed E-state index contributed by atoms with van der Waals surface area (Å²) in [5, 5.41) is 9.23. The van der Waals surface area contributed by atoms with Gasteiger partial charge in [-0.15, -0.1) is 0 Å². The highest BCUT2D eigenvalue weighted by Gasteiger charge is 2.23. The highest BCUT2D eigenvalue weighted by atomic mass is 35.5. The zero-order valence-corrected chi connectivity index (χ0v) is 15.8. The number of hydrogen-bond donors (Lipinski definition) is 1. The molecule has 0 aliphatic rings. The van der Waals surface area contributed by atoms with Crippen LogP contribution in [0.4, 0.5) is 13.2 Å². The normalized spacial score (nSPS) is 13.1. The van der Waals surface area contributed by atoms with E-state index >= 15 is 0 Å². The third-order valence-electron chi connectivity index (χ3n) is 4.02. The minimum atomic E-state index is -1.22. The van der Waals surface area contributed by atoms with Gasteiger partial charge in [-0.3, -0.25) is 4.79 Å². The Morgan fingerprint density at radius 1 is 1.18 bits per heavy atom. The second kappa shape index (κ2) is 7.76. The molecule has 1 unspecified atom stereocenters. The standard InChI is InChI=1S/C18H12ClF3N2O3S/c1-2-13(17(26)27)24-14-6-11(21)12(22)7-15(14)28-18(24)23-16(25)8-3-4-10(20)9(19)5-8/h3-7,13H,2H2,1H3,(H,26,27). The molecule has 1 atom stereocenters. The Kier molecular flexibility index (Phi) is 5.57. The van der Waals surface area contributed by atoms with Crippen molar-refractivity contribution in [3.63, 3.8) is 0 Å². The maximum atomic E-state index is 13.7. The molecule has 5 nitrogen and oxygen atoms in total. The molecule has 0 radical (unpaired) electrons. The van der Waals surface area contributed by atoms with Crippen LogP contribution in [-0.2, 0) is 4.79 Å². The molecule has 1 N–H and O–H groups in total. The fraction of sp³-hybridized carbons (Fsp3) is 0.167. The van der Waals surface area contributed by atoms with Gasteiger partial charge < -0.3 is 9.67 Å². The smallest absolute Gasteiger partial charge is 0.326 e. The number of fused-ring (bicyclic) bond motifs is 1. The van der Waals surface area contributed by atoms with E-state index in [0.29, 0.717) is 0 Å². The molecule has 28 heavy (non-hydrogen) atoms. The molecular weight excluding hydrogens is 417 g/mol. The van der Waals surface area contributed by atoms with Gasteiger partial charge in [-0.1, -0.05) is 29.9 Å². The molecule has 3 rings (SSSR count). The minimum absolute atomic E-state index is 0.0175. The number of rotatable bonds is 4. The predicted octanol–water partition coefficient (Wildman–Crippen LogP) is 4.55. The number of amides is 1. The van der Waals surface area contributed by atoms with Gasteiger partial charge in [-0.25, -0.2) is 18.0 Å². The Labute approximate surface area is 165 Å². The van der Waals surface area contributed by atoms with Gasteiger partial charge in [0.2, 0.25) is 0 Å². The van der Waals surface area contributed by atoms with E-state index in [1.54, 1.807) is 6.92 Å². The third-order valence-corrected chi connectivity index (χ3v) is 5.32. The van der Waals surface area contributed by atoms with Crippen LogP contribution >= 0.6 is 22.9 Å². The SMILES string of the molecule is CCC(C(=O)O)n1c(=NC(=O)c2ccc(F)c(Cl)c2)sc2cc(F)c(F)cc21. The fourth-order valence-corrected chi connectivity index (χ4v) is 3.92. The van der Waals surface area contributed by atoms with Gasteiger partial charge in [0.1, 0.15) is 11.9 Å². The first kappa shape index (κ1) is 20.1. The van der Waals surface area contributed by atoms with Gasteiger partial charge >= 0.3 is 5.97 Å². The summed E-state index contributed by atoms with van der Waals surface area (Å²) in [5.74, 6) is -4.98. The Bertz CT molecular complexity index is 1170. The highest BCUT2D eigenvalue weighted by molar-refractivity contribution is 7.16. The molecule has 0 spiro atoms. The number of thiazole rings is 1. The molecule has 0 aliphatic carbocycles. The summed E-state index contributed by atoms with van der Waals surface area (Å²) < 4.78 is 42.0. The summed E-state index contributed by atoms with van der Waals surface area (Å²) >= 11 is 6.51. The maximum absolute atomic E-state index is 13.7. The molecule has 0 bridgehead atoms. The number of aliphatic carboxylic acids is 1. The lowest BCUT2D eigenvalue weighted by Crippen LogP contribution is -2.27. The zero-order chi connectivity index (χ0) is 20.6. The van der Waals surface area contributed by atoms with Gasteiger partial charge in [0.05, 0.1) is 15.2 Å². The van der Waals surface area contributed by atoms with Crippen molar-refractivity contribution >= 4 is 45.0 Å². The number of nitrogens with zero attached hydrogens (tertiary/aromatic N) is 2. The predicted molar refractivity (Wildman–Crippen MR) is 98.0 cm³/mol. The van der Waals surface area contributed by atoms with Gasteiger partial charge in [-0.2, -0.15) is 4.99 Å². The van der Waals surface area contributed by atoms with Crippen molar-refractivity contribution in [2.75, 3.05) is 0 Å². The van der Waals surface area contributed by atoms with Crippen LogP contribution in [0.5, 0.6) is 0 Å². The quantitative estimate of drug-likeness (QED) is 0.662. The second-order valence-corrected chi connectivity index (χ2v) is 7.21. The van der Waals surface area contributed by atoms with E-state index < -0.39 is 35.4 Å². The van der Waals surface area contributed by atoms with Gasteiger partial charge in [0.25, 0.3) is 5.91 Å².